The molecule has 0 atom stereocenters. The predicted octanol–water partition coefficient (Wildman–Crippen LogP) is 2.93. The molecular weight excluding hydrogens is 494 g/mol. The van der Waals surface area contributed by atoms with Crippen LogP contribution < -0.4 is 15.0 Å². The molecule has 1 fully saturated rings. The normalized spacial score (nSPS) is 16.1. The van der Waals surface area contributed by atoms with Crippen molar-refractivity contribution < 1.29 is 27.5 Å². The summed E-state index contributed by atoms with van der Waals surface area (Å²) in [6.07, 6.45) is 0.683. The van der Waals surface area contributed by atoms with Crippen molar-refractivity contribution in [2.75, 3.05) is 49.7 Å². The van der Waals surface area contributed by atoms with Crippen LogP contribution >= 0.6 is 0 Å². The number of benzene rings is 3. The number of nitrogens with one attached hydrogen (secondary N) is 1. The number of carbonyl (C=O) groups excluding carboxylic acids is 2. The summed E-state index contributed by atoms with van der Waals surface area (Å²) in [6.45, 7) is 1.78. The Morgan fingerprint density at radius 1 is 0.946 bits per heavy atom. The lowest BCUT2D eigenvalue weighted by Crippen LogP contribution is -2.40. The van der Waals surface area contributed by atoms with Crippen LogP contribution in [0.25, 0.3) is 0 Å². The zero-order valence-corrected chi connectivity index (χ0v) is 20.9. The van der Waals surface area contributed by atoms with E-state index in [2.05, 4.69) is 5.32 Å². The summed E-state index contributed by atoms with van der Waals surface area (Å²) in [4.78, 5) is 27.3. The molecule has 2 amide bonds. The number of hydrogen-bond donors (Lipinski definition) is 1. The van der Waals surface area contributed by atoms with Gasteiger partial charge in [-0.25, -0.2) is 8.42 Å². The second-order valence-corrected chi connectivity index (χ2v) is 10.7. The smallest absolute Gasteiger partial charge is 0.265 e. The minimum Gasteiger partial charge on any atom is -0.482 e. The molecule has 1 saturated heterocycles. The molecule has 2 heterocycles. The molecule has 3 aromatic carbocycles. The van der Waals surface area contributed by atoms with Crippen LogP contribution in [-0.4, -0.2) is 64.0 Å². The van der Waals surface area contributed by atoms with Crippen LogP contribution in [0, 0.1) is 0 Å². The van der Waals surface area contributed by atoms with E-state index < -0.39 is 15.9 Å². The lowest BCUT2D eigenvalue weighted by molar-refractivity contribution is -0.121. The maximum Gasteiger partial charge on any atom is 0.265 e. The molecule has 5 rings (SSSR count). The SMILES string of the molecule is O=C(Nc1ccc2c(c1)N(CCc1ccccc1)C(=O)CO2)c1ccc(S(=O)(=O)N2CCOCC2)cc1. The van der Waals surface area contributed by atoms with Gasteiger partial charge in [0.2, 0.25) is 10.0 Å². The van der Waals surface area contributed by atoms with Gasteiger partial charge >= 0.3 is 0 Å². The second-order valence-electron chi connectivity index (χ2n) is 8.75. The molecule has 0 unspecified atom stereocenters. The van der Waals surface area contributed by atoms with Gasteiger partial charge in [-0.05, 0) is 54.4 Å². The second kappa shape index (κ2) is 10.7. The number of sulfonamides is 1. The molecule has 0 aliphatic carbocycles. The number of amides is 2. The van der Waals surface area contributed by atoms with Gasteiger partial charge in [-0.15, -0.1) is 0 Å². The molecule has 0 bridgehead atoms. The molecule has 1 N–H and O–H groups in total. The Balaban J connectivity index is 1.29. The van der Waals surface area contributed by atoms with E-state index in [1.807, 2.05) is 30.3 Å². The Labute approximate surface area is 215 Å². The van der Waals surface area contributed by atoms with Crippen LogP contribution in [0.2, 0.25) is 0 Å². The number of nitrogens with zero attached hydrogens (tertiary/aromatic N) is 2. The van der Waals surface area contributed by atoms with Crippen molar-refractivity contribution >= 4 is 33.2 Å². The lowest BCUT2D eigenvalue weighted by Gasteiger charge is -2.30. The largest absolute Gasteiger partial charge is 0.482 e. The van der Waals surface area contributed by atoms with Crippen LogP contribution in [0.4, 0.5) is 11.4 Å². The van der Waals surface area contributed by atoms with Crippen molar-refractivity contribution in [3.05, 3.63) is 83.9 Å². The summed E-state index contributed by atoms with van der Waals surface area (Å²) >= 11 is 0. The van der Waals surface area contributed by atoms with Crippen molar-refractivity contribution in [2.24, 2.45) is 0 Å². The number of carbonyl (C=O) groups is 2. The Kier molecular flexibility index (Phi) is 7.22. The Morgan fingerprint density at radius 2 is 1.68 bits per heavy atom. The molecule has 9 nitrogen and oxygen atoms in total. The van der Waals surface area contributed by atoms with E-state index >= 15 is 0 Å². The average molecular weight is 522 g/mol. The van der Waals surface area contributed by atoms with E-state index in [4.69, 9.17) is 9.47 Å². The molecule has 2 aliphatic rings. The first-order valence-corrected chi connectivity index (χ1v) is 13.5. The number of fused-ring (bicyclic) bond motifs is 1. The molecule has 192 valence electrons. The fourth-order valence-electron chi connectivity index (χ4n) is 4.33. The number of rotatable bonds is 7. The van der Waals surface area contributed by atoms with Crippen LogP contribution in [0.1, 0.15) is 15.9 Å². The summed E-state index contributed by atoms with van der Waals surface area (Å²) in [5, 5.41) is 2.83. The van der Waals surface area contributed by atoms with Crippen molar-refractivity contribution in [2.45, 2.75) is 11.3 Å². The zero-order chi connectivity index (χ0) is 25.8. The van der Waals surface area contributed by atoms with E-state index in [1.54, 1.807) is 23.1 Å². The lowest BCUT2D eigenvalue weighted by atomic mass is 10.1. The van der Waals surface area contributed by atoms with Gasteiger partial charge in [0.1, 0.15) is 5.75 Å². The van der Waals surface area contributed by atoms with Crippen LogP contribution in [0.15, 0.2) is 77.7 Å². The van der Waals surface area contributed by atoms with Crippen molar-refractivity contribution in [1.82, 2.24) is 4.31 Å². The number of ether oxygens (including phenoxy) is 2. The highest BCUT2D eigenvalue weighted by molar-refractivity contribution is 7.89. The van der Waals surface area contributed by atoms with E-state index in [-0.39, 0.29) is 17.4 Å². The van der Waals surface area contributed by atoms with Crippen molar-refractivity contribution in [1.29, 1.82) is 0 Å². The summed E-state index contributed by atoms with van der Waals surface area (Å²) in [7, 11) is -3.64. The van der Waals surface area contributed by atoms with E-state index in [1.165, 1.54) is 28.6 Å². The Bertz CT molecular complexity index is 1390. The fourth-order valence-corrected chi connectivity index (χ4v) is 5.74. The van der Waals surface area contributed by atoms with Gasteiger partial charge in [0, 0.05) is 30.9 Å². The first kappa shape index (κ1) is 24.9. The van der Waals surface area contributed by atoms with Crippen LogP contribution in [-0.2, 0) is 26.0 Å². The van der Waals surface area contributed by atoms with Gasteiger partial charge < -0.3 is 19.7 Å². The minimum atomic E-state index is -3.64. The van der Waals surface area contributed by atoms with Gasteiger partial charge in [-0.2, -0.15) is 4.31 Å². The average Bonchev–Trinajstić information content (AvgIpc) is 2.93. The third-order valence-electron chi connectivity index (χ3n) is 6.35. The van der Waals surface area contributed by atoms with E-state index in [9.17, 15) is 18.0 Å². The molecule has 2 aliphatic heterocycles. The van der Waals surface area contributed by atoms with Gasteiger partial charge in [-0.1, -0.05) is 30.3 Å². The van der Waals surface area contributed by atoms with Gasteiger partial charge in [0.25, 0.3) is 11.8 Å². The topological polar surface area (TPSA) is 105 Å². The summed E-state index contributed by atoms with van der Waals surface area (Å²) < 4.78 is 37.8. The molecule has 0 saturated carbocycles. The maximum atomic E-state index is 12.9. The number of anilines is 2. The third-order valence-corrected chi connectivity index (χ3v) is 8.26. The number of hydrogen-bond acceptors (Lipinski definition) is 6. The summed E-state index contributed by atoms with van der Waals surface area (Å²) in [5.74, 6) is 0.0291. The highest BCUT2D eigenvalue weighted by Crippen LogP contribution is 2.35. The molecular formula is C27H27N3O6S. The Hall–Kier alpha value is -3.73. The van der Waals surface area contributed by atoms with E-state index in [0.717, 1.165) is 5.56 Å². The monoisotopic (exact) mass is 521 g/mol. The van der Waals surface area contributed by atoms with Crippen molar-refractivity contribution in [3.8, 4) is 5.75 Å². The van der Waals surface area contributed by atoms with Crippen LogP contribution in [0.5, 0.6) is 5.75 Å². The van der Waals surface area contributed by atoms with Crippen molar-refractivity contribution in [3.63, 3.8) is 0 Å². The van der Waals surface area contributed by atoms with Crippen LogP contribution in [0.3, 0.4) is 0 Å². The highest BCUT2D eigenvalue weighted by Gasteiger charge is 2.27. The molecule has 3 aromatic rings. The predicted molar refractivity (Wildman–Crippen MR) is 138 cm³/mol. The maximum absolute atomic E-state index is 12.9. The summed E-state index contributed by atoms with van der Waals surface area (Å²) in [6, 6.07) is 20.9. The Morgan fingerprint density at radius 3 is 2.41 bits per heavy atom. The standard InChI is InChI=1S/C27H27N3O6S/c31-26-19-36-25-11-8-22(18-24(25)30(26)13-12-20-4-2-1-3-5-20)28-27(32)21-6-9-23(10-7-21)37(33,34)29-14-16-35-17-15-29/h1-11,18H,12-17,19H2,(H,28,32). The highest BCUT2D eigenvalue weighted by atomic mass is 32.2. The first-order valence-electron chi connectivity index (χ1n) is 12.0. The van der Waals surface area contributed by atoms with Gasteiger partial charge in [0.15, 0.2) is 6.61 Å². The first-order chi connectivity index (χ1) is 17.9. The quantitative estimate of drug-likeness (QED) is 0.513. The summed E-state index contributed by atoms with van der Waals surface area (Å²) in [5.41, 5.74) is 2.52. The van der Waals surface area contributed by atoms with Gasteiger partial charge in [-0.3, -0.25) is 9.59 Å². The third kappa shape index (κ3) is 5.51. The molecule has 0 aromatic heterocycles. The molecule has 37 heavy (non-hydrogen) atoms. The molecule has 0 spiro atoms. The minimum absolute atomic E-state index is 0.0345. The zero-order valence-electron chi connectivity index (χ0n) is 20.1. The van der Waals surface area contributed by atoms with Gasteiger partial charge in [0.05, 0.1) is 23.8 Å². The van der Waals surface area contributed by atoms with E-state index in [0.29, 0.717) is 62.0 Å². The molecule has 0 radical (unpaired) electrons. The number of morpholine rings is 1. The molecule has 10 heteroatoms. The fraction of sp³-hybridized carbons (Fsp3) is 0.259.